The SMILES string of the molecule is CC(C)C1OCCCC1Nc1cc(NC2CCN(S(C)(=O)=O)CC2)ncn1. The van der Waals surface area contributed by atoms with E-state index in [1.807, 2.05) is 6.07 Å². The number of ether oxygens (including phenoxy) is 1. The molecule has 152 valence electrons. The Balaban J connectivity index is 1.58. The first-order valence-corrected chi connectivity index (χ1v) is 11.6. The maximum atomic E-state index is 11.6. The molecule has 3 rings (SSSR count). The standard InChI is InChI=1S/C18H31N5O3S/c1-13(2)18-15(5-4-10-26-18)22-17-11-16(19-12-20-17)21-14-6-8-23(9-7-14)27(3,24)25/h11-15,18H,4-10H2,1-3H3,(H2,19,20,21,22). The molecule has 0 bridgehead atoms. The lowest BCUT2D eigenvalue weighted by molar-refractivity contribution is -0.0203. The van der Waals surface area contributed by atoms with E-state index in [-0.39, 0.29) is 18.2 Å². The van der Waals surface area contributed by atoms with Crippen LogP contribution in [0.5, 0.6) is 0 Å². The maximum Gasteiger partial charge on any atom is 0.211 e. The van der Waals surface area contributed by atoms with Crippen LogP contribution in [0.1, 0.15) is 39.5 Å². The van der Waals surface area contributed by atoms with Crippen molar-refractivity contribution in [3.05, 3.63) is 12.4 Å². The van der Waals surface area contributed by atoms with Gasteiger partial charge in [0, 0.05) is 31.8 Å². The molecule has 0 aromatic carbocycles. The molecule has 2 fully saturated rings. The smallest absolute Gasteiger partial charge is 0.211 e. The lowest BCUT2D eigenvalue weighted by Crippen LogP contribution is -2.43. The van der Waals surface area contributed by atoms with Crippen molar-refractivity contribution in [2.24, 2.45) is 5.92 Å². The monoisotopic (exact) mass is 397 g/mol. The van der Waals surface area contributed by atoms with Gasteiger partial charge < -0.3 is 15.4 Å². The second kappa shape index (κ2) is 8.70. The Bertz CT molecular complexity index is 719. The molecule has 0 amide bonds. The van der Waals surface area contributed by atoms with E-state index in [2.05, 4.69) is 34.4 Å². The van der Waals surface area contributed by atoms with Crippen molar-refractivity contribution < 1.29 is 13.2 Å². The van der Waals surface area contributed by atoms with Crippen LogP contribution in [-0.2, 0) is 14.8 Å². The van der Waals surface area contributed by atoms with Crippen molar-refractivity contribution in [2.75, 3.05) is 36.6 Å². The fourth-order valence-electron chi connectivity index (χ4n) is 3.86. The van der Waals surface area contributed by atoms with Gasteiger partial charge in [0.05, 0.1) is 18.4 Å². The van der Waals surface area contributed by atoms with Gasteiger partial charge in [-0.05, 0) is 31.6 Å². The first-order valence-electron chi connectivity index (χ1n) is 9.75. The van der Waals surface area contributed by atoms with E-state index < -0.39 is 10.0 Å². The summed E-state index contributed by atoms with van der Waals surface area (Å²) in [6, 6.07) is 2.39. The van der Waals surface area contributed by atoms with Crippen LogP contribution in [0.25, 0.3) is 0 Å². The van der Waals surface area contributed by atoms with Crippen LogP contribution < -0.4 is 10.6 Å². The van der Waals surface area contributed by atoms with Gasteiger partial charge in [0.25, 0.3) is 0 Å². The largest absolute Gasteiger partial charge is 0.376 e. The molecular weight excluding hydrogens is 366 g/mol. The van der Waals surface area contributed by atoms with Gasteiger partial charge in [-0.2, -0.15) is 0 Å². The second-order valence-corrected chi connectivity index (χ2v) is 9.82. The molecule has 3 heterocycles. The fourth-order valence-corrected chi connectivity index (χ4v) is 4.73. The van der Waals surface area contributed by atoms with Crippen molar-refractivity contribution >= 4 is 21.7 Å². The van der Waals surface area contributed by atoms with E-state index >= 15 is 0 Å². The predicted octanol–water partition coefficient (Wildman–Crippen LogP) is 1.93. The molecule has 9 heteroatoms. The van der Waals surface area contributed by atoms with Gasteiger partial charge in [-0.15, -0.1) is 0 Å². The van der Waals surface area contributed by atoms with E-state index in [1.165, 1.54) is 10.6 Å². The first-order chi connectivity index (χ1) is 12.8. The molecule has 1 aromatic rings. The van der Waals surface area contributed by atoms with E-state index in [0.29, 0.717) is 19.0 Å². The van der Waals surface area contributed by atoms with E-state index in [4.69, 9.17) is 4.74 Å². The van der Waals surface area contributed by atoms with Gasteiger partial charge >= 0.3 is 0 Å². The Morgan fingerprint density at radius 2 is 1.81 bits per heavy atom. The lowest BCUT2D eigenvalue weighted by atomic mass is 9.94. The summed E-state index contributed by atoms with van der Waals surface area (Å²) >= 11 is 0. The van der Waals surface area contributed by atoms with Crippen LogP contribution >= 0.6 is 0 Å². The number of hydrogen-bond acceptors (Lipinski definition) is 7. The maximum absolute atomic E-state index is 11.6. The van der Waals surface area contributed by atoms with Crippen LogP contribution in [0.15, 0.2) is 12.4 Å². The van der Waals surface area contributed by atoms with Crippen LogP contribution in [0.2, 0.25) is 0 Å². The number of aromatic nitrogens is 2. The molecule has 2 saturated heterocycles. The van der Waals surface area contributed by atoms with Gasteiger partial charge in [-0.1, -0.05) is 13.8 Å². The Morgan fingerprint density at radius 3 is 2.44 bits per heavy atom. The first kappa shape index (κ1) is 20.3. The van der Waals surface area contributed by atoms with Crippen LogP contribution in [0, 0.1) is 5.92 Å². The highest BCUT2D eigenvalue weighted by atomic mass is 32.2. The van der Waals surface area contributed by atoms with E-state index in [1.54, 1.807) is 6.33 Å². The zero-order valence-electron chi connectivity index (χ0n) is 16.4. The zero-order valence-corrected chi connectivity index (χ0v) is 17.2. The third-order valence-corrected chi connectivity index (χ3v) is 6.60. The average Bonchev–Trinajstić information content (AvgIpc) is 2.62. The molecular formula is C18H31N5O3S. The number of sulfonamides is 1. The Morgan fingerprint density at radius 1 is 1.15 bits per heavy atom. The minimum atomic E-state index is -3.10. The van der Waals surface area contributed by atoms with Gasteiger partial charge in [-0.3, -0.25) is 0 Å². The second-order valence-electron chi connectivity index (χ2n) is 7.84. The van der Waals surface area contributed by atoms with Crippen LogP contribution in [0.4, 0.5) is 11.6 Å². The molecule has 0 aliphatic carbocycles. The quantitative estimate of drug-likeness (QED) is 0.757. The predicted molar refractivity (Wildman–Crippen MR) is 106 cm³/mol. The van der Waals surface area contributed by atoms with Gasteiger partial charge in [0.2, 0.25) is 10.0 Å². The molecule has 2 N–H and O–H groups in total. The molecule has 2 unspecified atom stereocenters. The van der Waals surface area contributed by atoms with Gasteiger partial charge in [0.15, 0.2) is 0 Å². The lowest BCUT2D eigenvalue weighted by Gasteiger charge is -2.35. The summed E-state index contributed by atoms with van der Waals surface area (Å²) in [6.45, 7) is 6.27. The molecule has 2 aliphatic rings. The van der Waals surface area contributed by atoms with Crippen molar-refractivity contribution in [3.8, 4) is 0 Å². The molecule has 0 radical (unpaired) electrons. The summed E-state index contributed by atoms with van der Waals surface area (Å²) < 4.78 is 30.7. The molecule has 2 aliphatic heterocycles. The van der Waals surface area contributed by atoms with Crippen molar-refractivity contribution in [3.63, 3.8) is 0 Å². The van der Waals surface area contributed by atoms with Crippen LogP contribution in [0.3, 0.4) is 0 Å². The molecule has 0 saturated carbocycles. The number of piperidine rings is 1. The number of hydrogen-bond donors (Lipinski definition) is 2. The summed E-state index contributed by atoms with van der Waals surface area (Å²) in [4.78, 5) is 8.68. The third-order valence-electron chi connectivity index (χ3n) is 5.30. The van der Waals surface area contributed by atoms with E-state index in [0.717, 1.165) is 43.9 Å². The summed E-state index contributed by atoms with van der Waals surface area (Å²) in [5, 5.41) is 6.93. The summed E-state index contributed by atoms with van der Waals surface area (Å²) in [5.41, 5.74) is 0. The highest BCUT2D eigenvalue weighted by Crippen LogP contribution is 2.24. The van der Waals surface area contributed by atoms with Gasteiger partial charge in [-0.25, -0.2) is 22.7 Å². The highest BCUT2D eigenvalue weighted by Gasteiger charge is 2.29. The van der Waals surface area contributed by atoms with Crippen molar-refractivity contribution in [1.82, 2.24) is 14.3 Å². The normalized spacial score (nSPS) is 25.5. The highest BCUT2D eigenvalue weighted by molar-refractivity contribution is 7.88. The zero-order chi connectivity index (χ0) is 19.4. The molecule has 1 aromatic heterocycles. The minimum absolute atomic E-state index is 0.186. The van der Waals surface area contributed by atoms with E-state index in [9.17, 15) is 8.42 Å². The number of nitrogens with one attached hydrogen (secondary N) is 2. The molecule has 2 atom stereocenters. The number of nitrogens with zero attached hydrogens (tertiary/aromatic N) is 3. The molecule has 8 nitrogen and oxygen atoms in total. The summed E-state index contributed by atoms with van der Waals surface area (Å²) in [5.74, 6) is 2.01. The van der Waals surface area contributed by atoms with Gasteiger partial charge in [0.1, 0.15) is 18.0 Å². The van der Waals surface area contributed by atoms with Crippen molar-refractivity contribution in [1.29, 1.82) is 0 Å². The van der Waals surface area contributed by atoms with Crippen LogP contribution in [-0.4, -0.2) is 66.8 Å². The number of anilines is 2. The minimum Gasteiger partial charge on any atom is -0.376 e. The number of rotatable bonds is 6. The third kappa shape index (κ3) is 5.52. The summed E-state index contributed by atoms with van der Waals surface area (Å²) in [6.07, 6.45) is 6.67. The Hall–Kier alpha value is -1.45. The molecule has 0 spiro atoms. The summed E-state index contributed by atoms with van der Waals surface area (Å²) in [7, 11) is -3.10. The molecule has 27 heavy (non-hydrogen) atoms. The Kier molecular flexibility index (Phi) is 6.54. The average molecular weight is 398 g/mol. The topological polar surface area (TPSA) is 96.5 Å². The fraction of sp³-hybridized carbons (Fsp3) is 0.778. The Labute approximate surface area is 162 Å². The van der Waals surface area contributed by atoms with Crippen molar-refractivity contribution in [2.45, 2.75) is 57.7 Å².